The lowest BCUT2D eigenvalue weighted by molar-refractivity contribution is 0.0917. The molecule has 1 saturated carbocycles. The van der Waals surface area contributed by atoms with Gasteiger partial charge in [0, 0.05) is 17.6 Å². The predicted octanol–water partition coefficient (Wildman–Crippen LogP) is 3.24. The molecule has 2 nitrogen and oxygen atoms in total. The molecule has 0 aromatic heterocycles. The molecular formula is C14H20ClNO. The molecule has 1 aliphatic rings. The van der Waals surface area contributed by atoms with Gasteiger partial charge in [0.2, 0.25) is 0 Å². The molecule has 0 radical (unpaired) electrons. The summed E-state index contributed by atoms with van der Waals surface area (Å²) in [7, 11) is 0. The zero-order valence-electron chi connectivity index (χ0n) is 10.3. The minimum absolute atomic E-state index is 0.572. The maximum atomic E-state index is 5.82. The summed E-state index contributed by atoms with van der Waals surface area (Å²) in [6.45, 7) is 4.76. The molecule has 0 bridgehead atoms. The zero-order valence-corrected chi connectivity index (χ0v) is 11.0. The van der Waals surface area contributed by atoms with Gasteiger partial charge in [-0.25, -0.2) is 0 Å². The molecule has 1 fully saturated rings. The first-order chi connectivity index (χ1) is 8.24. The fourth-order valence-electron chi connectivity index (χ4n) is 1.67. The molecule has 0 saturated heterocycles. The van der Waals surface area contributed by atoms with Crippen LogP contribution in [0.25, 0.3) is 0 Å². The van der Waals surface area contributed by atoms with Crippen molar-refractivity contribution < 1.29 is 4.74 Å². The lowest BCUT2D eigenvalue weighted by Crippen LogP contribution is -2.25. The summed E-state index contributed by atoms with van der Waals surface area (Å²) < 4.78 is 5.69. The van der Waals surface area contributed by atoms with Crippen LogP contribution in [0.2, 0.25) is 5.02 Å². The lowest BCUT2D eigenvalue weighted by Gasteiger charge is -2.12. The second kappa shape index (κ2) is 6.39. The van der Waals surface area contributed by atoms with Gasteiger partial charge in [-0.3, -0.25) is 0 Å². The monoisotopic (exact) mass is 253 g/mol. The molecule has 1 atom stereocenters. The summed E-state index contributed by atoms with van der Waals surface area (Å²) in [5.41, 5.74) is 1.18. The molecule has 2 rings (SSSR count). The summed E-state index contributed by atoms with van der Waals surface area (Å²) in [5, 5.41) is 4.29. The third-order valence-electron chi connectivity index (χ3n) is 2.92. The average Bonchev–Trinajstić information content (AvgIpc) is 3.13. The van der Waals surface area contributed by atoms with Crippen LogP contribution in [-0.2, 0) is 11.3 Å². The van der Waals surface area contributed by atoms with Crippen LogP contribution < -0.4 is 5.32 Å². The molecule has 1 unspecified atom stereocenters. The maximum Gasteiger partial charge on any atom is 0.0717 e. The van der Waals surface area contributed by atoms with Crippen LogP contribution in [0, 0.1) is 5.92 Å². The molecule has 94 valence electrons. The highest BCUT2D eigenvalue weighted by Crippen LogP contribution is 2.18. The Bertz CT molecular complexity index is 335. The van der Waals surface area contributed by atoms with Crippen LogP contribution in [0.15, 0.2) is 24.3 Å². The van der Waals surface area contributed by atoms with Crippen molar-refractivity contribution in [3.8, 4) is 0 Å². The third-order valence-corrected chi connectivity index (χ3v) is 3.17. The van der Waals surface area contributed by atoms with Crippen LogP contribution in [0.3, 0.4) is 0 Å². The second-order valence-corrected chi connectivity index (χ2v) is 5.37. The zero-order chi connectivity index (χ0) is 12.1. The van der Waals surface area contributed by atoms with E-state index in [1.807, 2.05) is 24.3 Å². The quantitative estimate of drug-likeness (QED) is 0.806. The van der Waals surface area contributed by atoms with Gasteiger partial charge in [0.25, 0.3) is 0 Å². The van der Waals surface area contributed by atoms with Crippen LogP contribution in [-0.4, -0.2) is 19.2 Å². The first kappa shape index (κ1) is 12.9. The van der Waals surface area contributed by atoms with Crippen LogP contribution in [0.4, 0.5) is 0 Å². The Labute approximate surface area is 108 Å². The number of benzene rings is 1. The van der Waals surface area contributed by atoms with Crippen molar-refractivity contribution in [3.63, 3.8) is 0 Å². The van der Waals surface area contributed by atoms with Gasteiger partial charge in [0.15, 0.2) is 0 Å². The van der Waals surface area contributed by atoms with Crippen molar-refractivity contribution in [2.24, 2.45) is 5.92 Å². The minimum atomic E-state index is 0.572. The highest BCUT2D eigenvalue weighted by atomic mass is 35.5. The molecule has 3 heteroatoms. The average molecular weight is 254 g/mol. The Morgan fingerprint density at radius 2 is 2.06 bits per heavy atom. The fraction of sp³-hybridized carbons (Fsp3) is 0.571. The van der Waals surface area contributed by atoms with E-state index in [9.17, 15) is 0 Å². The fourth-order valence-corrected chi connectivity index (χ4v) is 1.80. The van der Waals surface area contributed by atoms with Crippen LogP contribution >= 0.6 is 11.6 Å². The smallest absolute Gasteiger partial charge is 0.0717 e. The normalized spacial score (nSPS) is 17.1. The third kappa shape index (κ3) is 5.07. The van der Waals surface area contributed by atoms with E-state index in [0.29, 0.717) is 12.5 Å². The standard InChI is InChI=1S/C14H20ClNO/c1-11(8-16-14-6-7-14)9-17-10-12-2-4-13(15)5-3-12/h2-5,11,14,16H,6-10H2,1H3. The number of hydrogen-bond acceptors (Lipinski definition) is 2. The van der Waals surface area contributed by atoms with Crippen molar-refractivity contribution >= 4 is 11.6 Å². The molecule has 1 aromatic carbocycles. The Balaban J connectivity index is 1.59. The van der Waals surface area contributed by atoms with Gasteiger partial charge in [-0.15, -0.1) is 0 Å². The Hall–Kier alpha value is -0.570. The van der Waals surface area contributed by atoms with E-state index in [1.54, 1.807) is 0 Å². The summed E-state index contributed by atoms with van der Waals surface area (Å²) in [6.07, 6.45) is 2.69. The van der Waals surface area contributed by atoms with Crippen molar-refractivity contribution in [2.45, 2.75) is 32.4 Å². The van der Waals surface area contributed by atoms with E-state index in [4.69, 9.17) is 16.3 Å². The van der Waals surface area contributed by atoms with Gasteiger partial charge in [-0.05, 0) is 36.5 Å². The van der Waals surface area contributed by atoms with Crippen molar-refractivity contribution in [1.82, 2.24) is 5.32 Å². The van der Waals surface area contributed by atoms with Crippen LogP contribution in [0.5, 0.6) is 0 Å². The SMILES string of the molecule is CC(CNC1CC1)COCc1ccc(Cl)cc1. The largest absolute Gasteiger partial charge is 0.376 e. The number of rotatable bonds is 7. The van der Waals surface area contributed by atoms with Gasteiger partial charge in [-0.2, -0.15) is 0 Å². The second-order valence-electron chi connectivity index (χ2n) is 4.93. The van der Waals surface area contributed by atoms with Gasteiger partial charge in [-0.1, -0.05) is 30.7 Å². The maximum absolute atomic E-state index is 5.82. The summed E-state index contributed by atoms with van der Waals surface area (Å²) in [5.74, 6) is 0.572. The first-order valence-electron chi connectivity index (χ1n) is 6.29. The molecule has 0 spiro atoms. The van der Waals surface area contributed by atoms with Gasteiger partial charge in [0.05, 0.1) is 13.2 Å². The lowest BCUT2D eigenvalue weighted by atomic mass is 10.2. The Morgan fingerprint density at radius 3 is 2.71 bits per heavy atom. The highest BCUT2D eigenvalue weighted by molar-refractivity contribution is 6.30. The number of hydrogen-bond donors (Lipinski definition) is 1. The van der Waals surface area contributed by atoms with E-state index in [-0.39, 0.29) is 0 Å². The predicted molar refractivity (Wildman–Crippen MR) is 71.3 cm³/mol. The van der Waals surface area contributed by atoms with Crippen molar-refractivity contribution in [1.29, 1.82) is 0 Å². The van der Waals surface area contributed by atoms with E-state index >= 15 is 0 Å². The number of ether oxygens (including phenoxy) is 1. The molecule has 17 heavy (non-hydrogen) atoms. The van der Waals surface area contributed by atoms with Gasteiger partial charge < -0.3 is 10.1 Å². The van der Waals surface area contributed by atoms with E-state index in [0.717, 1.165) is 24.2 Å². The molecular weight excluding hydrogens is 234 g/mol. The number of halogens is 1. The van der Waals surface area contributed by atoms with Crippen LogP contribution in [0.1, 0.15) is 25.3 Å². The first-order valence-corrected chi connectivity index (χ1v) is 6.67. The van der Waals surface area contributed by atoms with Gasteiger partial charge >= 0.3 is 0 Å². The molecule has 1 aromatic rings. The minimum Gasteiger partial charge on any atom is -0.376 e. The summed E-state index contributed by atoms with van der Waals surface area (Å²) >= 11 is 5.82. The molecule has 0 heterocycles. The summed E-state index contributed by atoms with van der Waals surface area (Å²) in [4.78, 5) is 0. The molecule has 0 amide bonds. The highest BCUT2D eigenvalue weighted by Gasteiger charge is 2.20. The van der Waals surface area contributed by atoms with E-state index in [2.05, 4.69) is 12.2 Å². The molecule has 1 N–H and O–H groups in total. The van der Waals surface area contributed by atoms with Crippen molar-refractivity contribution in [3.05, 3.63) is 34.9 Å². The molecule has 1 aliphatic carbocycles. The molecule has 0 aliphatic heterocycles. The van der Waals surface area contributed by atoms with Crippen molar-refractivity contribution in [2.75, 3.05) is 13.2 Å². The van der Waals surface area contributed by atoms with E-state index < -0.39 is 0 Å². The topological polar surface area (TPSA) is 21.3 Å². The van der Waals surface area contributed by atoms with E-state index in [1.165, 1.54) is 18.4 Å². The van der Waals surface area contributed by atoms with Gasteiger partial charge in [0.1, 0.15) is 0 Å². The number of nitrogens with one attached hydrogen (secondary N) is 1. The summed E-state index contributed by atoms with van der Waals surface area (Å²) in [6, 6.07) is 8.61. The Morgan fingerprint density at radius 1 is 1.35 bits per heavy atom. The Kier molecular flexibility index (Phi) is 4.84.